The number of aromatic nitrogens is 1. The summed E-state index contributed by atoms with van der Waals surface area (Å²) in [5.74, 6) is -0.963. The van der Waals surface area contributed by atoms with Crippen molar-refractivity contribution in [3.63, 3.8) is 0 Å². The van der Waals surface area contributed by atoms with Crippen LogP contribution in [0.15, 0.2) is 23.8 Å². The summed E-state index contributed by atoms with van der Waals surface area (Å²) in [5, 5.41) is 11.0. The van der Waals surface area contributed by atoms with Crippen molar-refractivity contribution in [2.75, 3.05) is 0 Å². The van der Waals surface area contributed by atoms with Crippen molar-refractivity contribution in [2.24, 2.45) is 0 Å². The first kappa shape index (κ1) is 14.0. The maximum absolute atomic E-state index is 11.0. The summed E-state index contributed by atoms with van der Waals surface area (Å²) >= 11 is 12.5. The Labute approximate surface area is 121 Å². The van der Waals surface area contributed by atoms with Gasteiger partial charge < -0.3 is 9.67 Å². The Hall–Kier alpha value is -1.45. The predicted octanol–water partition coefficient (Wildman–Crippen LogP) is 4.46. The predicted molar refractivity (Wildman–Crippen MR) is 78.9 cm³/mol. The van der Waals surface area contributed by atoms with Crippen LogP contribution in [-0.4, -0.2) is 15.6 Å². The largest absolute Gasteiger partial charge is 0.478 e. The van der Waals surface area contributed by atoms with Crippen LogP contribution >= 0.6 is 23.2 Å². The van der Waals surface area contributed by atoms with Gasteiger partial charge in [0.2, 0.25) is 0 Å². The average molecular weight is 298 g/mol. The van der Waals surface area contributed by atoms with E-state index in [0.29, 0.717) is 22.3 Å². The van der Waals surface area contributed by atoms with E-state index in [1.165, 1.54) is 0 Å². The number of rotatable bonds is 3. The smallest absolute Gasteiger partial charge is 0.331 e. The molecule has 0 aliphatic rings. The maximum atomic E-state index is 11.0. The molecule has 100 valence electrons. The Morgan fingerprint density at radius 1 is 1.42 bits per heavy atom. The molecule has 0 aliphatic heterocycles. The first-order chi connectivity index (χ1) is 8.97. The van der Waals surface area contributed by atoms with Gasteiger partial charge in [-0.15, -0.1) is 0 Å². The molecular weight excluding hydrogens is 285 g/mol. The molecule has 5 heteroatoms. The number of fused-ring (bicyclic) bond motifs is 1. The van der Waals surface area contributed by atoms with E-state index in [4.69, 9.17) is 28.3 Å². The van der Waals surface area contributed by atoms with Gasteiger partial charge in [0.15, 0.2) is 0 Å². The van der Waals surface area contributed by atoms with Crippen LogP contribution in [-0.2, 0) is 11.3 Å². The number of hydrogen-bond donors (Lipinski definition) is 1. The van der Waals surface area contributed by atoms with Gasteiger partial charge in [-0.1, -0.05) is 35.3 Å². The number of carboxylic acid groups (broad SMARTS) is 1. The fraction of sp³-hybridized carbons (Fsp3) is 0.214. The molecule has 3 nitrogen and oxygen atoms in total. The summed E-state index contributed by atoms with van der Waals surface area (Å²) in [6.07, 6.45) is 1.58. The third kappa shape index (κ3) is 2.36. The van der Waals surface area contributed by atoms with Crippen molar-refractivity contribution < 1.29 is 9.90 Å². The lowest BCUT2D eigenvalue weighted by atomic mass is 10.1. The second-order valence-corrected chi connectivity index (χ2v) is 4.98. The van der Waals surface area contributed by atoms with E-state index in [9.17, 15) is 4.79 Å². The molecule has 1 aromatic carbocycles. The second kappa shape index (κ2) is 5.27. The second-order valence-electron chi connectivity index (χ2n) is 4.22. The molecule has 0 atom stereocenters. The maximum Gasteiger partial charge on any atom is 0.331 e. The van der Waals surface area contributed by atoms with Crippen LogP contribution in [0.25, 0.3) is 17.0 Å². The molecule has 0 amide bonds. The standard InChI is InChI=1S/C14H13Cl2NO2/c1-3-17-12-9(5-4-6-11(12)15)10(13(17)16)7-8(2)14(18)19/h4-7H,3H2,1-2H3,(H,18,19)/b8-7+. The van der Waals surface area contributed by atoms with Gasteiger partial charge in [-0.05, 0) is 26.0 Å². The number of carbonyl (C=O) groups is 1. The molecule has 0 radical (unpaired) electrons. The SMILES string of the molecule is CCn1c(Cl)c(/C=C(\C)C(=O)O)c2cccc(Cl)c21. The van der Waals surface area contributed by atoms with Gasteiger partial charge in [-0.25, -0.2) is 4.79 Å². The minimum absolute atomic E-state index is 0.233. The molecule has 0 saturated carbocycles. The van der Waals surface area contributed by atoms with Crippen molar-refractivity contribution >= 4 is 46.2 Å². The monoisotopic (exact) mass is 297 g/mol. The van der Waals surface area contributed by atoms with Gasteiger partial charge in [0.05, 0.1) is 10.5 Å². The van der Waals surface area contributed by atoms with E-state index in [0.717, 1.165) is 10.9 Å². The minimum atomic E-state index is -0.963. The molecule has 0 aliphatic carbocycles. The quantitative estimate of drug-likeness (QED) is 0.850. The molecular formula is C14H13Cl2NO2. The number of halogens is 2. The highest BCUT2D eigenvalue weighted by Crippen LogP contribution is 2.35. The van der Waals surface area contributed by atoms with Gasteiger partial charge in [0.1, 0.15) is 5.15 Å². The van der Waals surface area contributed by atoms with Crippen LogP contribution in [0.1, 0.15) is 19.4 Å². The Bertz CT molecular complexity index is 686. The zero-order valence-corrected chi connectivity index (χ0v) is 12.1. The lowest BCUT2D eigenvalue weighted by Crippen LogP contribution is -1.96. The first-order valence-electron chi connectivity index (χ1n) is 5.85. The fourth-order valence-electron chi connectivity index (χ4n) is 2.07. The third-order valence-corrected chi connectivity index (χ3v) is 3.73. The van der Waals surface area contributed by atoms with Crippen molar-refractivity contribution in [1.29, 1.82) is 0 Å². The Morgan fingerprint density at radius 2 is 2.11 bits per heavy atom. The van der Waals surface area contributed by atoms with Gasteiger partial charge in [-0.2, -0.15) is 0 Å². The number of carboxylic acids is 1. The van der Waals surface area contributed by atoms with Crippen molar-refractivity contribution in [3.05, 3.63) is 39.5 Å². The van der Waals surface area contributed by atoms with Crippen LogP contribution in [0.3, 0.4) is 0 Å². The Morgan fingerprint density at radius 3 is 2.68 bits per heavy atom. The summed E-state index contributed by atoms with van der Waals surface area (Å²) in [5.41, 5.74) is 1.76. The number of benzene rings is 1. The normalized spacial score (nSPS) is 12.1. The van der Waals surface area contributed by atoms with E-state index >= 15 is 0 Å². The fourth-order valence-corrected chi connectivity index (χ4v) is 2.71. The lowest BCUT2D eigenvalue weighted by Gasteiger charge is -2.03. The average Bonchev–Trinajstić information content (AvgIpc) is 2.64. The molecule has 1 aromatic heterocycles. The van der Waals surface area contributed by atoms with E-state index in [-0.39, 0.29) is 5.57 Å². The van der Waals surface area contributed by atoms with Crippen LogP contribution in [0, 0.1) is 0 Å². The highest BCUT2D eigenvalue weighted by molar-refractivity contribution is 6.38. The molecule has 0 spiro atoms. The summed E-state index contributed by atoms with van der Waals surface area (Å²) in [7, 11) is 0. The van der Waals surface area contributed by atoms with Crippen LogP contribution in [0.4, 0.5) is 0 Å². The van der Waals surface area contributed by atoms with E-state index in [2.05, 4.69) is 0 Å². The minimum Gasteiger partial charge on any atom is -0.478 e. The summed E-state index contributed by atoms with van der Waals surface area (Å²) in [6, 6.07) is 5.51. The highest BCUT2D eigenvalue weighted by atomic mass is 35.5. The zero-order valence-electron chi connectivity index (χ0n) is 10.6. The number of para-hydroxylation sites is 1. The zero-order chi connectivity index (χ0) is 14.2. The summed E-state index contributed by atoms with van der Waals surface area (Å²) in [4.78, 5) is 11.0. The molecule has 2 aromatic rings. The number of aryl methyl sites for hydroxylation is 1. The first-order valence-corrected chi connectivity index (χ1v) is 6.60. The van der Waals surface area contributed by atoms with Gasteiger partial charge in [0, 0.05) is 23.1 Å². The van der Waals surface area contributed by atoms with Crippen LogP contribution < -0.4 is 0 Å². The van der Waals surface area contributed by atoms with Gasteiger partial charge in [0.25, 0.3) is 0 Å². The highest BCUT2D eigenvalue weighted by Gasteiger charge is 2.16. The van der Waals surface area contributed by atoms with Gasteiger partial charge >= 0.3 is 5.97 Å². The van der Waals surface area contributed by atoms with Crippen molar-refractivity contribution in [3.8, 4) is 0 Å². The van der Waals surface area contributed by atoms with E-state index in [1.807, 2.05) is 23.6 Å². The van der Waals surface area contributed by atoms with Crippen molar-refractivity contribution in [1.82, 2.24) is 4.57 Å². The van der Waals surface area contributed by atoms with Crippen LogP contribution in [0.2, 0.25) is 10.2 Å². The summed E-state index contributed by atoms with van der Waals surface area (Å²) in [6.45, 7) is 4.17. The number of aliphatic carboxylic acids is 1. The molecule has 0 fully saturated rings. The molecule has 1 N–H and O–H groups in total. The lowest BCUT2D eigenvalue weighted by molar-refractivity contribution is -0.132. The Balaban J connectivity index is 2.82. The van der Waals surface area contributed by atoms with Crippen LogP contribution in [0.5, 0.6) is 0 Å². The van der Waals surface area contributed by atoms with E-state index < -0.39 is 5.97 Å². The third-order valence-electron chi connectivity index (χ3n) is 3.02. The van der Waals surface area contributed by atoms with Gasteiger partial charge in [-0.3, -0.25) is 0 Å². The molecule has 19 heavy (non-hydrogen) atoms. The Kier molecular flexibility index (Phi) is 3.88. The molecule has 0 saturated heterocycles. The number of hydrogen-bond acceptors (Lipinski definition) is 1. The van der Waals surface area contributed by atoms with Crippen molar-refractivity contribution in [2.45, 2.75) is 20.4 Å². The molecule has 1 heterocycles. The topological polar surface area (TPSA) is 42.2 Å². The molecule has 0 bridgehead atoms. The molecule has 2 rings (SSSR count). The number of nitrogens with zero attached hydrogens (tertiary/aromatic N) is 1. The molecule has 0 unspecified atom stereocenters. The van der Waals surface area contributed by atoms with E-state index in [1.54, 1.807) is 19.1 Å². The summed E-state index contributed by atoms with van der Waals surface area (Å²) < 4.78 is 1.88.